The molecule has 0 radical (unpaired) electrons. The second kappa shape index (κ2) is 6.85. The predicted octanol–water partition coefficient (Wildman–Crippen LogP) is 2.77. The molecule has 0 aromatic heterocycles. The summed E-state index contributed by atoms with van der Waals surface area (Å²) in [6, 6.07) is 13.2. The van der Waals surface area contributed by atoms with Gasteiger partial charge in [0.05, 0.1) is 10.7 Å². The first-order valence-corrected chi connectivity index (χ1v) is 6.56. The number of nitrogens with zero attached hydrogens (tertiary/aromatic N) is 2. The maximum Gasteiger partial charge on any atom is 0.209 e. The number of halogens is 2. The summed E-state index contributed by atoms with van der Waals surface area (Å²) >= 11 is 6.21. The van der Waals surface area contributed by atoms with Crippen LogP contribution in [0.15, 0.2) is 58.6 Å². The molecule has 4 nitrogen and oxygen atoms in total. The van der Waals surface area contributed by atoms with Crippen LogP contribution in [-0.4, -0.2) is 18.7 Å². The Bertz CT molecular complexity index is 680. The van der Waals surface area contributed by atoms with E-state index in [1.54, 1.807) is 25.2 Å². The van der Waals surface area contributed by atoms with Crippen molar-refractivity contribution >= 4 is 23.3 Å². The van der Waals surface area contributed by atoms with Crippen LogP contribution in [0.1, 0.15) is 11.1 Å². The normalized spacial score (nSPS) is 12.3. The van der Waals surface area contributed by atoms with Crippen molar-refractivity contribution in [2.45, 2.75) is 0 Å². The highest BCUT2D eigenvalue weighted by molar-refractivity contribution is 6.35. The summed E-state index contributed by atoms with van der Waals surface area (Å²) < 4.78 is 13.1. The molecule has 0 saturated heterocycles. The number of hydrogen-bond acceptors (Lipinski definition) is 2. The van der Waals surface area contributed by atoms with Gasteiger partial charge in [0.1, 0.15) is 5.82 Å². The topological polar surface area (TPSA) is 62.8 Å². The Morgan fingerprint density at radius 2 is 1.81 bits per heavy atom. The molecule has 0 aliphatic heterocycles. The molecule has 2 aromatic rings. The van der Waals surface area contributed by atoms with Gasteiger partial charge < -0.3 is 5.73 Å². The highest BCUT2D eigenvalue weighted by atomic mass is 35.5. The summed E-state index contributed by atoms with van der Waals surface area (Å²) in [5.41, 5.74) is 10.2. The van der Waals surface area contributed by atoms with Crippen LogP contribution in [0.4, 0.5) is 4.39 Å². The Morgan fingerprint density at radius 3 is 2.43 bits per heavy atom. The third kappa shape index (κ3) is 3.79. The summed E-state index contributed by atoms with van der Waals surface area (Å²) in [5.74, 6) is -0.151. The van der Waals surface area contributed by atoms with Crippen LogP contribution in [0.25, 0.3) is 0 Å². The molecule has 0 heterocycles. The van der Waals surface area contributed by atoms with Crippen LogP contribution in [0, 0.1) is 5.82 Å². The quantitative estimate of drug-likeness (QED) is 0.520. The van der Waals surface area contributed by atoms with E-state index >= 15 is 0 Å². The Labute approximate surface area is 127 Å². The Morgan fingerprint density at radius 1 is 1.14 bits per heavy atom. The zero-order valence-corrected chi connectivity index (χ0v) is 12.1. The van der Waals surface area contributed by atoms with E-state index in [1.165, 1.54) is 12.1 Å². The van der Waals surface area contributed by atoms with Crippen LogP contribution in [0.5, 0.6) is 0 Å². The molecule has 0 atom stereocenters. The molecule has 0 spiro atoms. The van der Waals surface area contributed by atoms with E-state index in [4.69, 9.17) is 17.3 Å². The Balaban J connectivity index is 2.49. The fraction of sp³-hybridized carbons (Fsp3) is 0.0667. The van der Waals surface area contributed by atoms with Crippen LogP contribution >= 0.6 is 11.6 Å². The maximum absolute atomic E-state index is 13.1. The average molecular weight is 305 g/mol. The van der Waals surface area contributed by atoms with Crippen molar-refractivity contribution in [2.75, 3.05) is 7.05 Å². The van der Waals surface area contributed by atoms with Crippen LogP contribution in [0.3, 0.4) is 0 Å². The highest BCUT2D eigenvalue weighted by Crippen LogP contribution is 2.20. The van der Waals surface area contributed by atoms with E-state index in [0.717, 1.165) is 0 Å². The largest absolute Gasteiger partial charge is 0.369 e. The van der Waals surface area contributed by atoms with Gasteiger partial charge in [-0.25, -0.2) is 9.82 Å². The molecule has 0 unspecified atom stereocenters. The third-order valence-electron chi connectivity index (χ3n) is 2.77. The van der Waals surface area contributed by atoms with Crippen molar-refractivity contribution in [3.05, 3.63) is 70.5 Å². The van der Waals surface area contributed by atoms with E-state index in [1.807, 2.05) is 18.2 Å². The molecule has 21 heavy (non-hydrogen) atoms. The molecular formula is C15H14ClFN4. The summed E-state index contributed by atoms with van der Waals surface area (Å²) in [4.78, 5) is 3.77. The van der Waals surface area contributed by atoms with Crippen molar-refractivity contribution in [1.29, 1.82) is 0 Å². The van der Waals surface area contributed by atoms with Gasteiger partial charge in [-0.15, -0.1) is 0 Å². The number of nitrogens with one attached hydrogen (secondary N) is 1. The SMILES string of the molecule is CN=C(N)N/N=C(\c1ccc(F)cc1)c1ccccc1Cl. The molecular weight excluding hydrogens is 291 g/mol. The minimum Gasteiger partial charge on any atom is -0.369 e. The van der Waals surface area contributed by atoms with E-state index < -0.39 is 0 Å². The van der Waals surface area contributed by atoms with Crippen molar-refractivity contribution < 1.29 is 4.39 Å². The number of benzene rings is 2. The van der Waals surface area contributed by atoms with Crippen molar-refractivity contribution in [1.82, 2.24) is 5.43 Å². The molecule has 0 aliphatic rings. The smallest absolute Gasteiger partial charge is 0.209 e. The molecule has 3 N–H and O–H groups in total. The lowest BCUT2D eigenvalue weighted by molar-refractivity contribution is 0.628. The van der Waals surface area contributed by atoms with Gasteiger partial charge in [0, 0.05) is 18.2 Å². The third-order valence-corrected chi connectivity index (χ3v) is 3.10. The molecule has 6 heteroatoms. The van der Waals surface area contributed by atoms with Gasteiger partial charge in [0.25, 0.3) is 0 Å². The number of guanidine groups is 1. The van der Waals surface area contributed by atoms with E-state index in [9.17, 15) is 4.39 Å². The molecule has 0 fully saturated rings. The van der Waals surface area contributed by atoms with Gasteiger partial charge in [-0.2, -0.15) is 5.10 Å². The monoisotopic (exact) mass is 304 g/mol. The molecule has 0 saturated carbocycles. The van der Waals surface area contributed by atoms with Gasteiger partial charge in [-0.3, -0.25) is 4.99 Å². The first-order chi connectivity index (χ1) is 10.1. The molecule has 108 valence electrons. The fourth-order valence-corrected chi connectivity index (χ4v) is 1.93. The maximum atomic E-state index is 13.1. The predicted molar refractivity (Wildman–Crippen MR) is 84.2 cm³/mol. The first-order valence-electron chi connectivity index (χ1n) is 6.18. The second-order valence-corrected chi connectivity index (χ2v) is 4.58. The van der Waals surface area contributed by atoms with Gasteiger partial charge in [-0.05, 0) is 30.3 Å². The standard InChI is InChI=1S/C15H14ClFN4/c1-19-15(18)21-20-14(10-6-8-11(17)9-7-10)12-4-2-3-5-13(12)16/h2-9H,1H3,(H3,18,19,21)/b20-14+. The van der Waals surface area contributed by atoms with Gasteiger partial charge in [0.2, 0.25) is 5.96 Å². The lowest BCUT2D eigenvalue weighted by Crippen LogP contribution is -2.28. The minimum absolute atomic E-state index is 0.168. The second-order valence-electron chi connectivity index (χ2n) is 4.17. The summed E-state index contributed by atoms with van der Waals surface area (Å²) in [6.45, 7) is 0. The van der Waals surface area contributed by atoms with Crippen LogP contribution in [-0.2, 0) is 0 Å². The lowest BCUT2D eigenvalue weighted by Gasteiger charge is -2.09. The molecule has 0 aliphatic carbocycles. The average Bonchev–Trinajstić information content (AvgIpc) is 2.50. The first kappa shape index (κ1) is 15.0. The van der Waals surface area contributed by atoms with Crippen LogP contribution < -0.4 is 11.2 Å². The molecule has 2 rings (SSSR count). The molecule has 0 amide bonds. The van der Waals surface area contributed by atoms with E-state index in [2.05, 4.69) is 15.5 Å². The number of rotatable bonds is 3. The molecule has 2 aromatic carbocycles. The number of hydrazone groups is 1. The number of aliphatic imine (C=N–C) groups is 1. The minimum atomic E-state index is -0.320. The fourth-order valence-electron chi connectivity index (χ4n) is 1.70. The highest BCUT2D eigenvalue weighted by Gasteiger charge is 2.11. The van der Waals surface area contributed by atoms with Crippen molar-refractivity contribution in [3.8, 4) is 0 Å². The van der Waals surface area contributed by atoms with Gasteiger partial charge >= 0.3 is 0 Å². The number of nitrogens with two attached hydrogens (primary N) is 1. The summed E-state index contributed by atoms with van der Waals surface area (Å²) in [6.07, 6.45) is 0. The van der Waals surface area contributed by atoms with Crippen molar-refractivity contribution in [3.63, 3.8) is 0 Å². The van der Waals surface area contributed by atoms with E-state index in [0.29, 0.717) is 21.9 Å². The Hall–Kier alpha value is -2.40. The summed E-state index contributed by atoms with van der Waals surface area (Å²) in [7, 11) is 1.55. The Kier molecular flexibility index (Phi) is 4.90. The van der Waals surface area contributed by atoms with Gasteiger partial charge in [0.15, 0.2) is 0 Å². The zero-order chi connectivity index (χ0) is 15.2. The van der Waals surface area contributed by atoms with Gasteiger partial charge in [-0.1, -0.05) is 29.8 Å². The van der Waals surface area contributed by atoms with E-state index in [-0.39, 0.29) is 11.8 Å². The van der Waals surface area contributed by atoms with Crippen molar-refractivity contribution in [2.24, 2.45) is 15.8 Å². The number of hydrogen-bond donors (Lipinski definition) is 2. The molecule has 0 bridgehead atoms. The summed E-state index contributed by atoms with van der Waals surface area (Å²) in [5, 5.41) is 4.77. The van der Waals surface area contributed by atoms with Crippen LogP contribution in [0.2, 0.25) is 5.02 Å². The zero-order valence-electron chi connectivity index (χ0n) is 11.3. The lowest BCUT2D eigenvalue weighted by atomic mass is 10.0.